The smallest absolute Gasteiger partial charge is 0.346 e. The predicted octanol–water partition coefficient (Wildman–Crippen LogP) is 3.09. The second kappa shape index (κ2) is 8.53. The summed E-state index contributed by atoms with van der Waals surface area (Å²) in [4.78, 5) is 13.1. The van der Waals surface area contributed by atoms with Crippen LogP contribution in [0, 0.1) is 11.3 Å². The van der Waals surface area contributed by atoms with E-state index in [1.807, 2.05) is 12.1 Å². The number of hydrogen-bond acceptors (Lipinski definition) is 4. The molecule has 1 aromatic rings. The summed E-state index contributed by atoms with van der Waals surface area (Å²) in [5.41, 5.74) is 1.20. The van der Waals surface area contributed by atoms with Gasteiger partial charge in [0.2, 0.25) is 0 Å². The number of ether oxygens (including phenoxy) is 1. The van der Waals surface area contributed by atoms with Gasteiger partial charge in [0.1, 0.15) is 24.0 Å². The third-order valence-electron chi connectivity index (χ3n) is 3.13. The fraction of sp³-hybridized carbons (Fsp3) is 0.294. The molecule has 0 spiro atoms. The molecule has 0 aromatic heterocycles. The van der Waals surface area contributed by atoms with Crippen molar-refractivity contribution in [3.63, 3.8) is 0 Å². The number of carbonyl (C=O) groups is 1. The van der Waals surface area contributed by atoms with Gasteiger partial charge in [-0.1, -0.05) is 12.7 Å². The van der Waals surface area contributed by atoms with E-state index in [1.165, 1.54) is 6.08 Å². The number of aliphatic carboxylic acids is 1. The molecule has 0 saturated carbocycles. The van der Waals surface area contributed by atoms with Crippen LogP contribution in [0.3, 0.4) is 0 Å². The Kier molecular flexibility index (Phi) is 6.71. The molecule has 0 atom stereocenters. The minimum atomic E-state index is -1.26. The zero-order chi connectivity index (χ0) is 16.5. The highest BCUT2D eigenvalue weighted by atomic mass is 16.5. The molecular formula is C17H20N2O3. The van der Waals surface area contributed by atoms with Gasteiger partial charge in [-0.2, -0.15) is 5.26 Å². The highest BCUT2D eigenvalue weighted by molar-refractivity contribution is 5.97. The van der Waals surface area contributed by atoms with Gasteiger partial charge in [-0.05, 0) is 32.1 Å². The normalized spacial score (nSPS) is 10.7. The number of carboxylic acid groups (broad SMARTS) is 1. The van der Waals surface area contributed by atoms with Crippen LogP contribution in [0.2, 0.25) is 0 Å². The van der Waals surface area contributed by atoms with E-state index in [0.29, 0.717) is 17.9 Å². The van der Waals surface area contributed by atoms with Gasteiger partial charge in [-0.3, -0.25) is 0 Å². The Morgan fingerprint density at radius 1 is 1.45 bits per heavy atom. The van der Waals surface area contributed by atoms with Crippen LogP contribution < -0.4 is 9.64 Å². The van der Waals surface area contributed by atoms with Crippen molar-refractivity contribution in [2.24, 2.45) is 0 Å². The van der Waals surface area contributed by atoms with Crippen LogP contribution >= 0.6 is 0 Å². The molecule has 0 aliphatic rings. The van der Waals surface area contributed by atoms with Crippen LogP contribution in [-0.4, -0.2) is 30.8 Å². The minimum absolute atomic E-state index is 0.303. The molecule has 1 aromatic carbocycles. The number of nitrogens with zero attached hydrogens (tertiary/aromatic N) is 2. The Hall–Kier alpha value is -2.74. The highest BCUT2D eigenvalue weighted by Gasteiger charge is 2.11. The van der Waals surface area contributed by atoms with E-state index < -0.39 is 5.97 Å². The molecule has 1 rings (SSSR count). The van der Waals surface area contributed by atoms with E-state index in [9.17, 15) is 4.79 Å². The first-order valence-corrected chi connectivity index (χ1v) is 7.05. The standard InChI is InChI=1S/C17H20N2O3/c1-4-9-22-16-11-15(19(5-2)6-3)8-7-13(16)10-14(12-18)17(20)21/h4,7-8,10-11H,1,5-6,9H2,2-3H3,(H,20,21)/b14-10+. The Balaban J connectivity index is 3.30. The molecule has 116 valence electrons. The molecule has 5 nitrogen and oxygen atoms in total. The van der Waals surface area contributed by atoms with Gasteiger partial charge >= 0.3 is 5.97 Å². The minimum Gasteiger partial charge on any atom is -0.489 e. The zero-order valence-electron chi connectivity index (χ0n) is 12.9. The Bertz CT molecular complexity index is 611. The second-order valence-electron chi connectivity index (χ2n) is 4.47. The van der Waals surface area contributed by atoms with Crippen molar-refractivity contribution in [1.29, 1.82) is 5.26 Å². The Labute approximate surface area is 130 Å². The fourth-order valence-electron chi connectivity index (χ4n) is 2.00. The topological polar surface area (TPSA) is 73.6 Å². The van der Waals surface area contributed by atoms with Crippen LogP contribution in [0.5, 0.6) is 5.75 Å². The van der Waals surface area contributed by atoms with E-state index in [2.05, 4.69) is 25.3 Å². The van der Waals surface area contributed by atoms with Gasteiger partial charge in [0, 0.05) is 30.4 Å². The van der Waals surface area contributed by atoms with Gasteiger partial charge in [0.15, 0.2) is 0 Å². The average molecular weight is 300 g/mol. The number of rotatable bonds is 8. The molecule has 0 amide bonds. The van der Waals surface area contributed by atoms with E-state index in [1.54, 1.807) is 18.2 Å². The van der Waals surface area contributed by atoms with E-state index in [0.717, 1.165) is 18.8 Å². The van der Waals surface area contributed by atoms with Crippen molar-refractivity contribution in [3.8, 4) is 11.8 Å². The molecule has 0 bridgehead atoms. The molecule has 22 heavy (non-hydrogen) atoms. The van der Waals surface area contributed by atoms with E-state index in [-0.39, 0.29) is 5.57 Å². The summed E-state index contributed by atoms with van der Waals surface area (Å²) in [5, 5.41) is 17.8. The molecule has 0 aliphatic heterocycles. The van der Waals surface area contributed by atoms with E-state index in [4.69, 9.17) is 15.1 Å². The lowest BCUT2D eigenvalue weighted by Gasteiger charge is -2.22. The van der Waals surface area contributed by atoms with Crippen LogP contribution in [0.1, 0.15) is 19.4 Å². The monoisotopic (exact) mass is 300 g/mol. The lowest BCUT2D eigenvalue weighted by atomic mass is 10.1. The molecule has 0 saturated heterocycles. The first kappa shape index (κ1) is 17.3. The van der Waals surface area contributed by atoms with Gasteiger partial charge in [0.25, 0.3) is 0 Å². The summed E-state index contributed by atoms with van der Waals surface area (Å²) in [6.45, 7) is 9.72. The van der Waals surface area contributed by atoms with Crippen LogP contribution in [-0.2, 0) is 4.79 Å². The Morgan fingerprint density at radius 2 is 2.14 bits per heavy atom. The quantitative estimate of drug-likeness (QED) is 0.453. The molecule has 0 fully saturated rings. The molecule has 0 aliphatic carbocycles. The Morgan fingerprint density at radius 3 is 2.64 bits per heavy atom. The predicted molar refractivity (Wildman–Crippen MR) is 86.9 cm³/mol. The number of nitriles is 1. The van der Waals surface area contributed by atoms with Crippen LogP contribution in [0.25, 0.3) is 6.08 Å². The molecule has 0 heterocycles. The molecular weight excluding hydrogens is 280 g/mol. The van der Waals surface area contributed by atoms with Crippen LogP contribution in [0.4, 0.5) is 5.69 Å². The van der Waals surface area contributed by atoms with Crippen LogP contribution in [0.15, 0.2) is 36.4 Å². The molecule has 5 heteroatoms. The first-order valence-electron chi connectivity index (χ1n) is 7.05. The summed E-state index contributed by atoms with van der Waals surface area (Å²) in [5.74, 6) is -0.733. The second-order valence-corrected chi connectivity index (χ2v) is 4.47. The fourth-order valence-corrected chi connectivity index (χ4v) is 2.00. The lowest BCUT2D eigenvalue weighted by molar-refractivity contribution is -0.132. The summed E-state index contributed by atoms with van der Waals surface area (Å²) in [6, 6.07) is 7.16. The highest BCUT2D eigenvalue weighted by Crippen LogP contribution is 2.28. The van der Waals surface area contributed by atoms with Gasteiger partial charge in [0.05, 0.1) is 0 Å². The maximum atomic E-state index is 11.0. The van der Waals surface area contributed by atoms with Crippen molar-refractivity contribution in [3.05, 3.63) is 42.0 Å². The average Bonchev–Trinajstić information content (AvgIpc) is 2.52. The van der Waals surface area contributed by atoms with Crippen molar-refractivity contribution < 1.29 is 14.6 Å². The summed E-state index contributed by atoms with van der Waals surface area (Å²) in [6.07, 6.45) is 2.92. The zero-order valence-corrected chi connectivity index (χ0v) is 12.9. The van der Waals surface area contributed by atoms with Gasteiger partial charge < -0.3 is 14.7 Å². The summed E-state index contributed by atoms with van der Waals surface area (Å²) >= 11 is 0. The SMILES string of the molecule is C=CCOc1cc(N(CC)CC)ccc1/C=C(\C#N)C(=O)O. The third kappa shape index (κ3) is 4.38. The van der Waals surface area contributed by atoms with E-state index >= 15 is 0 Å². The van der Waals surface area contributed by atoms with Crippen molar-refractivity contribution in [1.82, 2.24) is 0 Å². The number of carboxylic acids is 1. The molecule has 0 unspecified atom stereocenters. The maximum absolute atomic E-state index is 11.0. The number of anilines is 1. The van der Waals surface area contributed by atoms with Gasteiger partial charge in [-0.15, -0.1) is 0 Å². The number of benzene rings is 1. The number of hydrogen-bond donors (Lipinski definition) is 1. The maximum Gasteiger partial charge on any atom is 0.346 e. The van der Waals surface area contributed by atoms with Crippen molar-refractivity contribution in [2.75, 3.05) is 24.6 Å². The largest absolute Gasteiger partial charge is 0.489 e. The van der Waals surface area contributed by atoms with Crippen molar-refractivity contribution >= 4 is 17.7 Å². The summed E-state index contributed by atoms with van der Waals surface area (Å²) < 4.78 is 5.60. The summed E-state index contributed by atoms with van der Waals surface area (Å²) in [7, 11) is 0. The third-order valence-corrected chi connectivity index (χ3v) is 3.13. The lowest BCUT2D eigenvalue weighted by Crippen LogP contribution is -2.21. The molecule has 0 radical (unpaired) electrons. The van der Waals surface area contributed by atoms with Gasteiger partial charge in [-0.25, -0.2) is 4.79 Å². The molecule has 1 N–H and O–H groups in total. The van der Waals surface area contributed by atoms with Crippen molar-refractivity contribution in [2.45, 2.75) is 13.8 Å². The first-order chi connectivity index (χ1) is 10.6.